The predicted molar refractivity (Wildman–Crippen MR) is 111 cm³/mol. The topological polar surface area (TPSA) is 49.0 Å². The summed E-state index contributed by atoms with van der Waals surface area (Å²) in [6, 6.07) is 21.2. The minimum Gasteiger partial charge on any atom is -0.385 e. The summed E-state index contributed by atoms with van der Waals surface area (Å²) in [5.41, 5.74) is 1.11. The summed E-state index contributed by atoms with van der Waals surface area (Å²) in [4.78, 5) is 0. The highest BCUT2D eigenvalue weighted by molar-refractivity contribution is 6.81. The molecule has 0 saturated heterocycles. The van der Waals surface area contributed by atoms with Gasteiger partial charge in [-0.1, -0.05) is 48.5 Å². The van der Waals surface area contributed by atoms with E-state index in [-0.39, 0.29) is 12.6 Å². The molecule has 2 rings (SSSR count). The van der Waals surface area contributed by atoms with Crippen molar-refractivity contribution in [2.45, 2.75) is 38.9 Å². The summed E-state index contributed by atoms with van der Waals surface area (Å²) in [6.07, 6.45) is 0.189. The highest BCUT2D eigenvalue weighted by Crippen LogP contribution is 2.22. The van der Waals surface area contributed by atoms with E-state index in [1.807, 2.05) is 50.2 Å². The van der Waals surface area contributed by atoms with Crippen molar-refractivity contribution in [1.29, 1.82) is 0 Å². The first-order valence-corrected chi connectivity index (χ1v) is 11.4. The van der Waals surface area contributed by atoms with Crippen LogP contribution in [0.2, 0.25) is 6.04 Å². The Morgan fingerprint density at radius 1 is 0.815 bits per heavy atom. The fraction of sp³-hybridized carbons (Fsp3) is 0.429. The van der Waals surface area contributed by atoms with Crippen LogP contribution in [0.4, 0.5) is 5.69 Å². The molecule has 0 amide bonds. The Morgan fingerprint density at radius 3 is 1.85 bits per heavy atom. The summed E-state index contributed by atoms with van der Waals surface area (Å²) in [6.45, 7) is 4.63. The molecule has 0 aliphatic rings. The van der Waals surface area contributed by atoms with Crippen LogP contribution in [0, 0.1) is 0 Å². The molecule has 0 spiro atoms. The van der Waals surface area contributed by atoms with E-state index in [4.69, 9.17) is 18.3 Å². The second kappa shape index (κ2) is 11.2. The Hall–Kier alpha value is -1.70. The van der Waals surface area contributed by atoms with E-state index in [1.165, 1.54) is 0 Å². The van der Waals surface area contributed by atoms with E-state index in [0.29, 0.717) is 0 Å². The second-order valence-corrected chi connectivity index (χ2v) is 9.41. The first-order chi connectivity index (χ1) is 13.1. The molecule has 6 heteroatoms. The molecule has 0 fully saturated rings. The molecule has 0 heterocycles. The average Bonchev–Trinajstić information content (AvgIpc) is 2.72. The van der Waals surface area contributed by atoms with Crippen LogP contribution < -0.4 is 10.5 Å². The van der Waals surface area contributed by atoms with E-state index in [2.05, 4.69) is 29.6 Å². The van der Waals surface area contributed by atoms with Crippen LogP contribution in [0.25, 0.3) is 0 Å². The van der Waals surface area contributed by atoms with Crippen molar-refractivity contribution < 1.29 is 18.3 Å². The monoisotopic (exact) mass is 389 g/mol. The highest BCUT2D eigenvalue weighted by atomic mass is 28.4. The minimum atomic E-state index is -2.77. The predicted octanol–water partition coefficient (Wildman–Crippen LogP) is 3.86. The van der Waals surface area contributed by atoms with E-state index >= 15 is 0 Å². The lowest BCUT2D eigenvalue weighted by Gasteiger charge is -2.35. The number of benzene rings is 2. The van der Waals surface area contributed by atoms with E-state index < -0.39 is 8.56 Å². The molecular formula is C21H31NO4Si. The summed E-state index contributed by atoms with van der Waals surface area (Å²) < 4.78 is 23.6. The maximum Gasteiger partial charge on any atom is 0.376 e. The molecule has 2 atom stereocenters. The fourth-order valence-electron chi connectivity index (χ4n) is 2.86. The molecule has 5 nitrogen and oxygen atoms in total. The zero-order valence-electron chi connectivity index (χ0n) is 16.7. The Kier molecular flexibility index (Phi) is 8.97. The van der Waals surface area contributed by atoms with E-state index in [0.717, 1.165) is 29.9 Å². The van der Waals surface area contributed by atoms with E-state index in [9.17, 15) is 0 Å². The number of anilines is 1. The third-order valence-corrected chi connectivity index (χ3v) is 8.03. The Labute approximate surface area is 163 Å². The van der Waals surface area contributed by atoms with Crippen LogP contribution in [-0.4, -0.2) is 41.9 Å². The molecule has 0 aromatic heterocycles. The van der Waals surface area contributed by atoms with Gasteiger partial charge in [0.2, 0.25) is 0 Å². The van der Waals surface area contributed by atoms with Gasteiger partial charge >= 0.3 is 8.56 Å². The normalized spacial score (nSPS) is 15.7. The zero-order chi connectivity index (χ0) is 19.5. The van der Waals surface area contributed by atoms with Crippen LogP contribution >= 0.6 is 0 Å². The van der Waals surface area contributed by atoms with Crippen LogP contribution in [-0.2, 0) is 18.3 Å². The van der Waals surface area contributed by atoms with Gasteiger partial charge < -0.3 is 23.6 Å². The van der Waals surface area contributed by atoms with Gasteiger partial charge in [0, 0.05) is 26.5 Å². The number of ether oxygens (including phenoxy) is 2. The molecule has 0 aliphatic carbocycles. The standard InChI is InChI=1S/C21H31NO4Si/c1-18(23-3)25-27(26-19(2)24-4,21-14-9-6-10-15-21)17-11-16-22-20-12-7-5-8-13-20/h5-10,12-15,18-19,22H,11,16-17H2,1-4H3. The Morgan fingerprint density at radius 2 is 1.33 bits per heavy atom. The largest absolute Gasteiger partial charge is 0.385 e. The van der Waals surface area contributed by atoms with Crippen LogP contribution in [0.1, 0.15) is 20.3 Å². The molecular weight excluding hydrogens is 358 g/mol. The highest BCUT2D eigenvalue weighted by Gasteiger charge is 2.43. The molecule has 148 valence electrons. The summed E-state index contributed by atoms with van der Waals surface area (Å²) >= 11 is 0. The van der Waals surface area contributed by atoms with Crippen LogP contribution in [0.5, 0.6) is 0 Å². The fourth-order valence-corrected chi connectivity index (χ4v) is 6.32. The summed E-state index contributed by atoms with van der Waals surface area (Å²) in [5.74, 6) is 0. The van der Waals surface area contributed by atoms with Gasteiger partial charge in [0.15, 0.2) is 0 Å². The quantitative estimate of drug-likeness (QED) is 0.339. The molecule has 2 aromatic carbocycles. The van der Waals surface area contributed by atoms with Crippen molar-refractivity contribution >= 4 is 19.4 Å². The third-order valence-electron chi connectivity index (χ3n) is 4.38. The number of hydrogen-bond acceptors (Lipinski definition) is 5. The van der Waals surface area contributed by atoms with Crippen molar-refractivity contribution in [2.24, 2.45) is 0 Å². The van der Waals surface area contributed by atoms with Crippen molar-refractivity contribution in [1.82, 2.24) is 0 Å². The molecule has 0 bridgehead atoms. The molecule has 1 N–H and O–H groups in total. The van der Waals surface area contributed by atoms with Crippen LogP contribution in [0.15, 0.2) is 60.7 Å². The van der Waals surface area contributed by atoms with Crippen molar-refractivity contribution in [3.05, 3.63) is 60.7 Å². The number of hydrogen-bond donors (Lipinski definition) is 1. The van der Waals surface area contributed by atoms with Gasteiger partial charge in [-0.3, -0.25) is 0 Å². The number of nitrogens with one attached hydrogen (secondary N) is 1. The van der Waals surface area contributed by atoms with Crippen molar-refractivity contribution in [3.8, 4) is 0 Å². The van der Waals surface area contributed by atoms with Gasteiger partial charge in [0.25, 0.3) is 0 Å². The SMILES string of the molecule is COC(C)O[Si](CCCNc1ccccc1)(OC(C)OC)c1ccccc1. The first kappa shape index (κ1) is 21.6. The molecule has 0 saturated carbocycles. The van der Waals surface area contributed by atoms with Crippen LogP contribution in [0.3, 0.4) is 0 Å². The number of methoxy groups -OCH3 is 2. The lowest BCUT2D eigenvalue weighted by atomic mass is 10.3. The average molecular weight is 390 g/mol. The van der Waals surface area contributed by atoms with Gasteiger partial charge in [-0.15, -0.1) is 0 Å². The molecule has 0 aliphatic heterocycles. The van der Waals surface area contributed by atoms with Gasteiger partial charge in [-0.05, 0) is 43.6 Å². The van der Waals surface area contributed by atoms with Gasteiger partial charge in [0.05, 0.1) is 0 Å². The first-order valence-electron chi connectivity index (χ1n) is 9.35. The molecule has 27 heavy (non-hydrogen) atoms. The van der Waals surface area contributed by atoms with Gasteiger partial charge in [0.1, 0.15) is 12.6 Å². The summed E-state index contributed by atoms with van der Waals surface area (Å²) in [5, 5.41) is 4.53. The maximum atomic E-state index is 6.38. The molecule has 2 aromatic rings. The molecule has 2 unspecified atom stereocenters. The third kappa shape index (κ3) is 6.75. The zero-order valence-corrected chi connectivity index (χ0v) is 17.7. The Bertz CT molecular complexity index is 629. The summed E-state index contributed by atoms with van der Waals surface area (Å²) in [7, 11) is 0.521. The number of rotatable bonds is 12. The van der Waals surface area contributed by atoms with Gasteiger partial charge in [-0.2, -0.15) is 0 Å². The minimum absolute atomic E-state index is 0.358. The van der Waals surface area contributed by atoms with Crippen molar-refractivity contribution in [3.63, 3.8) is 0 Å². The smallest absolute Gasteiger partial charge is 0.376 e. The lowest BCUT2D eigenvalue weighted by molar-refractivity contribution is -0.0998. The maximum absolute atomic E-state index is 6.38. The van der Waals surface area contributed by atoms with Gasteiger partial charge in [-0.25, -0.2) is 0 Å². The van der Waals surface area contributed by atoms with E-state index in [1.54, 1.807) is 14.2 Å². The number of para-hydroxylation sites is 1. The second-order valence-electron chi connectivity index (χ2n) is 6.36. The Balaban J connectivity index is 2.15. The molecule has 0 radical (unpaired) electrons. The van der Waals surface area contributed by atoms with Crippen molar-refractivity contribution in [2.75, 3.05) is 26.1 Å². The lowest BCUT2D eigenvalue weighted by Crippen LogP contribution is -2.57.